The third kappa shape index (κ3) is 2.21. The fourth-order valence-electron chi connectivity index (χ4n) is 2.43. The van der Waals surface area contributed by atoms with Gasteiger partial charge in [-0.3, -0.25) is 0 Å². The molecule has 1 aliphatic rings. The van der Waals surface area contributed by atoms with Crippen molar-refractivity contribution >= 4 is 0 Å². The van der Waals surface area contributed by atoms with Crippen LogP contribution >= 0.6 is 0 Å². The minimum atomic E-state index is -1.11. The second-order valence-corrected chi connectivity index (χ2v) is 5.05. The van der Waals surface area contributed by atoms with E-state index in [4.69, 9.17) is 4.74 Å². The maximum Gasteiger partial charge on any atom is 0.132 e. The minimum absolute atomic E-state index is 0.0859. The van der Waals surface area contributed by atoms with E-state index in [-0.39, 0.29) is 5.56 Å². The summed E-state index contributed by atoms with van der Waals surface area (Å²) in [7, 11) is 0. The first kappa shape index (κ1) is 13.2. The number of ether oxygens (including phenoxy) is 1. The Bertz CT molecular complexity index is 668. The summed E-state index contributed by atoms with van der Waals surface area (Å²) < 4.78 is 32.4. The highest BCUT2D eigenvalue weighted by molar-refractivity contribution is 5.39. The quantitative estimate of drug-likeness (QED) is 0.911. The number of hydrogen-bond donors (Lipinski definition) is 1. The molecular weight excluding hydrogens is 262 g/mol. The lowest BCUT2D eigenvalue weighted by molar-refractivity contribution is 0.134. The van der Waals surface area contributed by atoms with Gasteiger partial charge in [-0.1, -0.05) is 18.2 Å². The van der Waals surface area contributed by atoms with Crippen LogP contribution in [-0.4, -0.2) is 5.11 Å². The second-order valence-electron chi connectivity index (χ2n) is 5.05. The van der Waals surface area contributed by atoms with Gasteiger partial charge in [0.25, 0.3) is 0 Å². The molecule has 1 heterocycles. The third-order valence-electron chi connectivity index (χ3n) is 3.63. The Balaban J connectivity index is 2.00. The maximum atomic E-state index is 13.8. The maximum absolute atomic E-state index is 13.8. The van der Waals surface area contributed by atoms with E-state index in [2.05, 4.69) is 0 Å². The molecule has 0 fully saturated rings. The van der Waals surface area contributed by atoms with E-state index < -0.39 is 17.7 Å². The molecule has 2 aromatic carbocycles. The molecule has 0 radical (unpaired) electrons. The van der Waals surface area contributed by atoms with Gasteiger partial charge in [0.15, 0.2) is 0 Å². The molecule has 104 valence electrons. The van der Waals surface area contributed by atoms with Gasteiger partial charge in [0.05, 0.1) is 13.2 Å². The summed E-state index contributed by atoms with van der Waals surface area (Å²) in [6, 6.07) is 7.58. The lowest BCUT2D eigenvalue weighted by Crippen LogP contribution is -2.05. The van der Waals surface area contributed by atoms with E-state index in [9.17, 15) is 13.9 Å². The summed E-state index contributed by atoms with van der Waals surface area (Å²) in [5.41, 5.74) is 3.06. The van der Waals surface area contributed by atoms with Crippen LogP contribution in [0.4, 0.5) is 8.78 Å². The van der Waals surface area contributed by atoms with Crippen molar-refractivity contribution in [1.29, 1.82) is 0 Å². The fraction of sp³-hybridized carbons (Fsp3) is 0.250. The number of aliphatic hydroxyl groups excluding tert-OH is 1. The van der Waals surface area contributed by atoms with Gasteiger partial charge in [0, 0.05) is 11.6 Å². The van der Waals surface area contributed by atoms with Gasteiger partial charge in [-0.15, -0.1) is 0 Å². The number of hydrogen-bond acceptors (Lipinski definition) is 2. The Morgan fingerprint density at radius 2 is 1.80 bits per heavy atom. The standard InChI is InChI=1S/C16H14F2O2/c1-9-4-13(15(18)6-14(9)17)16(19)10-2-3-11-7-20-8-12(11)5-10/h2-6,16,19H,7-8H2,1H3. The molecule has 20 heavy (non-hydrogen) atoms. The summed E-state index contributed by atoms with van der Waals surface area (Å²) in [6.07, 6.45) is -1.11. The average Bonchev–Trinajstić information content (AvgIpc) is 2.89. The lowest BCUT2D eigenvalue weighted by Gasteiger charge is -2.14. The highest BCUT2D eigenvalue weighted by Gasteiger charge is 2.19. The Kier molecular flexibility index (Phi) is 3.28. The van der Waals surface area contributed by atoms with Crippen LogP contribution in [0.25, 0.3) is 0 Å². The topological polar surface area (TPSA) is 29.5 Å². The number of halogens is 2. The van der Waals surface area contributed by atoms with Crippen molar-refractivity contribution in [2.24, 2.45) is 0 Å². The number of aliphatic hydroxyl groups is 1. The van der Waals surface area contributed by atoms with Crippen LogP contribution in [0.15, 0.2) is 30.3 Å². The Hall–Kier alpha value is -1.78. The molecule has 3 rings (SSSR count). The first-order valence-electron chi connectivity index (χ1n) is 6.39. The zero-order chi connectivity index (χ0) is 14.3. The van der Waals surface area contributed by atoms with Crippen molar-refractivity contribution in [2.45, 2.75) is 26.2 Å². The Labute approximate surface area is 115 Å². The molecular formula is C16H14F2O2. The predicted octanol–water partition coefficient (Wildman–Crippen LogP) is 3.39. The molecule has 0 aromatic heterocycles. The van der Waals surface area contributed by atoms with Gasteiger partial charge in [0.1, 0.15) is 17.7 Å². The fourth-order valence-corrected chi connectivity index (χ4v) is 2.43. The highest BCUT2D eigenvalue weighted by atomic mass is 19.1. The van der Waals surface area contributed by atoms with Crippen LogP contribution in [-0.2, 0) is 18.0 Å². The van der Waals surface area contributed by atoms with Crippen LogP contribution in [0.5, 0.6) is 0 Å². The molecule has 1 unspecified atom stereocenters. The van der Waals surface area contributed by atoms with E-state index >= 15 is 0 Å². The van der Waals surface area contributed by atoms with Crippen LogP contribution in [0.2, 0.25) is 0 Å². The van der Waals surface area contributed by atoms with Gasteiger partial charge in [0.2, 0.25) is 0 Å². The predicted molar refractivity (Wildman–Crippen MR) is 70.1 cm³/mol. The summed E-state index contributed by atoms with van der Waals surface area (Å²) in [5.74, 6) is -1.35. The number of rotatable bonds is 2. The molecule has 1 N–H and O–H groups in total. The first-order valence-corrected chi connectivity index (χ1v) is 6.39. The van der Waals surface area contributed by atoms with Crippen LogP contribution in [0.3, 0.4) is 0 Å². The molecule has 4 heteroatoms. The molecule has 0 spiro atoms. The molecule has 0 bridgehead atoms. The largest absolute Gasteiger partial charge is 0.384 e. The van der Waals surface area contributed by atoms with Gasteiger partial charge < -0.3 is 9.84 Å². The van der Waals surface area contributed by atoms with Gasteiger partial charge >= 0.3 is 0 Å². The second kappa shape index (κ2) is 4.96. The minimum Gasteiger partial charge on any atom is -0.384 e. The summed E-state index contributed by atoms with van der Waals surface area (Å²) in [4.78, 5) is 0. The number of aryl methyl sites for hydroxylation is 1. The van der Waals surface area contributed by atoms with Gasteiger partial charge in [-0.05, 0) is 35.2 Å². The smallest absolute Gasteiger partial charge is 0.132 e. The van der Waals surface area contributed by atoms with E-state index in [1.165, 1.54) is 6.07 Å². The third-order valence-corrected chi connectivity index (χ3v) is 3.63. The lowest BCUT2D eigenvalue weighted by atomic mass is 9.96. The molecule has 0 aliphatic carbocycles. The van der Waals surface area contributed by atoms with E-state index in [0.717, 1.165) is 17.2 Å². The molecule has 2 nitrogen and oxygen atoms in total. The SMILES string of the molecule is Cc1cc(C(O)c2ccc3c(c2)COC3)c(F)cc1F. The van der Waals surface area contributed by atoms with Crippen molar-refractivity contribution < 1.29 is 18.6 Å². The molecule has 2 aromatic rings. The van der Waals surface area contributed by atoms with Crippen molar-refractivity contribution in [3.63, 3.8) is 0 Å². The van der Waals surface area contributed by atoms with E-state index in [1.54, 1.807) is 13.0 Å². The van der Waals surface area contributed by atoms with Crippen molar-refractivity contribution in [2.75, 3.05) is 0 Å². The number of fused-ring (bicyclic) bond motifs is 1. The average molecular weight is 276 g/mol. The summed E-state index contributed by atoms with van der Waals surface area (Å²) in [6.45, 7) is 2.61. The van der Waals surface area contributed by atoms with E-state index in [0.29, 0.717) is 24.3 Å². The zero-order valence-electron chi connectivity index (χ0n) is 11.0. The summed E-state index contributed by atoms with van der Waals surface area (Å²) >= 11 is 0. The van der Waals surface area contributed by atoms with Crippen LogP contribution in [0, 0.1) is 18.6 Å². The van der Waals surface area contributed by atoms with Gasteiger partial charge in [-0.2, -0.15) is 0 Å². The molecule has 0 saturated carbocycles. The summed E-state index contributed by atoms with van der Waals surface area (Å²) in [5, 5.41) is 10.3. The highest BCUT2D eigenvalue weighted by Crippen LogP contribution is 2.29. The van der Waals surface area contributed by atoms with E-state index in [1.807, 2.05) is 12.1 Å². The zero-order valence-corrected chi connectivity index (χ0v) is 11.0. The van der Waals surface area contributed by atoms with Crippen LogP contribution < -0.4 is 0 Å². The van der Waals surface area contributed by atoms with Crippen molar-refractivity contribution in [3.05, 3.63) is 69.8 Å². The number of benzene rings is 2. The van der Waals surface area contributed by atoms with Crippen molar-refractivity contribution in [3.8, 4) is 0 Å². The Morgan fingerprint density at radius 1 is 1.05 bits per heavy atom. The first-order chi connectivity index (χ1) is 9.56. The molecule has 1 aliphatic heterocycles. The normalized spacial score (nSPS) is 15.2. The van der Waals surface area contributed by atoms with Crippen molar-refractivity contribution in [1.82, 2.24) is 0 Å². The molecule has 0 amide bonds. The molecule has 1 atom stereocenters. The van der Waals surface area contributed by atoms with Crippen LogP contribution in [0.1, 0.15) is 33.9 Å². The molecule has 0 saturated heterocycles. The monoisotopic (exact) mass is 276 g/mol. The van der Waals surface area contributed by atoms with Gasteiger partial charge in [-0.25, -0.2) is 8.78 Å². The Morgan fingerprint density at radius 3 is 2.60 bits per heavy atom.